The Labute approximate surface area is 118 Å². The van der Waals surface area contributed by atoms with Crippen molar-refractivity contribution in [1.82, 2.24) is 10.2 Å². The molecule has 20 heavy (non-hydrogen) atoms. The number of rotatable bonds is 5. The number of hydrogen-bond acceptors (Lipinski definition) is 3. The first-order chi connectivity index (χ1) is 9.61. The van der Waals surface area contributed by atoms with E-state index in [0.717, 1.165) is 5.56 Å². The highest BCUT2D eigenvalue weighted by atomic mass is 16.3. The highest BCUT2D eigenvalue weighted by Gasteiger charge is 2.36. The van der Waals surface area contributed by atoms with Gasteiger partial charge in [-0.3, -0.25) is 9.59 Å². The van der Waals surface area contributed by atoms with E-state index in [1.807, 2.05) is 30.3 Å². The number of benzene rings is 1. The van der Waals surface area contributed by atoms with Gasteiger partial charge in [0.1, 0.15) is 6.04 Å². The Hall–Kier alpha value is -1.88. The molecule has 0 aliphatic carbocycles. The van der Waals surface area contributed by atoms with Gasteiger partial charge < -0.3 is 15.3 Å². The van der Waals surface area contributed by atoms with Crippen LogP contribution in [-0.2, 0) is 16.1 Å². The third-order valence-corrected chi connectivity index (χ3v) is 3.49. The van der Waals surface area contributed by atoms with Crippen molar-refractivity contribution in [1.29, 1.82) is 0 Å². The smallest absolute Gasteiger partial charge is 0.243 e. The van der Waals surface area contributed by atoms with Crippen molar-refractivity contribution in [2.24, 2.45) is 0 Å². The number of hydrogen-bond donors (Lipinski definition) is 2. The van der Waals surface area contributed by atoms with Crippen LogP contribution < -0.4 is 5.32 Å². The molecule has 1 aliphatic heterocycles. The molecule has 1 fully saturated rings. The van der Waals surface area contributed by atoms with E-state index in [1.165, 1.54) is 0 Å². The number of aliphatic hydroxyl groups is 1. The number of nitrogens with zero attached hydrogens (tertiary/aromatic N) is 1. The Morgan fingerprint density at radius 2 is 2.15 bits per heavy atom. The van der Waals surface area contributed by atoms with Gasteiger partial charge in [0.05, 0.1) is 6.61 Å². The molecule has 1 saturated heterocycles. The summed E-state index contributed by atoms with van der Waals surface area (Å²) in [7, 11) is 0. The van der Waals surface area contributed by atoms with Gasteiger partial charge in [-0.05, 0) is 18.9 Å². The topological polar surface area (TPSA) is 69.6 Å². The van der Waals surface area contributed by atoms with E-state index < -0.39 is 6.04 Å². The number of carbonyl (C=O) groups is 2. The molecule has 0 spiro atoms. The number of aliphatic hydroxyl groups excluding tert-OH is 1. The number of likely N-dealkylation sites (tertiary alicyclic amines) is 1. The lowest BCUT2D eigenvalue weighted by Crippen LogP contribution is -2.47. The lowest BCUT2D eigenvalue weighted by Gasteiger charge is -2.25. The number of amides is 2. The predicted octanol–water partition coefficient (Wildman–Crippen LogP) is 0.675. The zero-order valence-electron chi connectivity index (χ0n) is 11.6. The summed E-state index contributed by atoms with van der Waals surface area (Å²) in [5.74, 6) is -0.181. The molecule has 2 atom stereocenters. The van der Waals surface area contributed by atoms with E-state index in [0.29, 0.717) is 19.4 Å². The van der Waals surface area contributed by atoms with Crippen molar-refractivity contribution in [3.05, 3.63) is 35.9 Å². The molecule has 1 aliphatic rings. The molecule has 1 heterocycles. The van der Waals surface area contributed by atoms with Crippen LogP contribution in [0.3, 0.4) is 0 Å². The Kier molecular flexibility index (Phi) is 4.74. The second-order valence-corrected chi connectivity index (χ2v) is 5.15. The molecule has 0 aromatic heterocycles. The fourth-order valence-corrected chi connectivity index (χ4v) is 2.37. The van der Waals surface area contributed by atoms with Gasteiger partial charge >= 0.3 is 0 Å². The molecule has 5 nitrogen and oxygen atoms in total. The van der Waals surface area contributed by atoms with Crippen molar-refractivity contribution in [2.45, 2.75) is 38.4 Å². The second kappa shape index (κ2) is 6.52. The number of carbonyl (C=O) groups excluding carboxylic acids is 2. The van der Waals surface area contributed by atoms with E-state index >= 15 is 0 Å². The van der Waals surface area contributed by atoms with Gasteiger partial charge in [0, 0.05) is 19.0 Å². The minimum atomic E-state index is -0.434. The Bertz CT molecular complexity index is 475. The molecular weight excluding hydrogens is 256 g/mol. The Balaban J connectivity index is 2.05. The summed E-state index contributed by atoms with van der Waals surface area (Å²) in [6.45, 7) is 2.08. The van der Waals surface area contributed by atoms with Crippen LogP contribution in [0.15, 0.2) is 30.3 Å². The van der Waals surface area contributed by atoms with Gasteiger partial charge in [0.2, 0.25) is 11.8 Å². The standard InChI is InChI=1S/C15H20N2O3/c1-11(10-18)16-15(20)13-7-8-14(19)17(13)9-12-5-3-2-4-6-12/h2-6,11,13,18H,7-10H2,1H3,(H,16,20). The SMILES string of the molecule is CC(CO)NC(=O)C1CCC(=O)N1Cc1ccccc1. The molecule has 2 rings (SSSR count). The van der Waals surface area contributed by atoms with Crippen LogP contribution in [0.4, 0.5) is 0 Å². The molecule has 108 valence electrons. The van der Waals surface area contributed by atoms with Crippen LogP contribution in [0.2, 0.25) is 0 Å². The van der Waals surface area contributed by atoms with Crippen LogP contribution in [-0.4, -0.2) is 40.5 Å². The fraction of sp³-hybridized carbons (Fsp3) is 0.467. The average Bonchev–Trinajstić information content (AvgIpc) is 2.81. The molecule has 5 heteroatoms. The highest BCUT2D eigenvalue weighted by Crippen LogP contribution is 2.21. The highest BCUT2D eigenvalue weighted by molar-refractivity contribution is 5.91. The molecule has 0 saturated carbocycles. The maximum absolute atomic E-state index is 12.1. The maximum Gasteiger partial charge on any atom is 0.243 e. The van der Waals surface area contributed by atoms with Gasteiger partial charge in [0.15, 0.2) is 0 Å². The molecule has 0 radical (unpaired) electrons. The monoisotopic (exact) mass is 276 g/mol. The fourth-order valence-electron chi connectivity index (χ4n) is 2.37. The van der Waals surface area contributed by atoms with Crippen molar-refractivity contribution in [2.75, 3.05) is 6.61 Å². The molecular formula is C15H20N2O3. The first-order valence-corrected chi connectivity index (χ1v) is 6.86. The summed E-state index contributed by atoms with van der Waals surface area (Å²) in [4.78, 5) is 25.7. The zero-order valence-corrected chi connectivity index (χ0v) is 11.6. The lowest BCUT2D eigenvalue weighted by molar-refractivity contribution is -0.136. The van der Waals surface area contributed by atoms with Gasteiger partial charge in [-0.15, -0.1) is 0 Å². The zero-order chi connectivity index (χ0) is 14.5. The van der Waals surface area contributed by atoms with Crippen molar-refractivity contribution in [3.63, 3.8) is 0 Å². The number of nitrogens with one attached hydrogen (secondary N) is 1. The minimum absolute atomic E-state index is 0.00524. The molecule has 2 N–H and O–H groups in total. The third kappa shape index (κ3) is 3.36. The van der Waals surface area contributed by atoms with Crippen LogP contribution in [0, 0.1) is 0 Å². The largest absolute Gasteiger partial charge is 0.394 e. The Morgan fingerprint density at radius 3 is 2.80 bits per heavy atom. The summed E-state index contributed by atoms with van der Waals surface area (Å²) in [5, 5.41) is 11.7. The first-order valence-electron chi connectivity index (χ1n) is 6.86. The summed E-state index contributed by atoms with van der Waals surface area (Å²) in [6.07, 6.45) is 0.939. The van der Waals surface area contributed by atoms with E-state index in [9.17, 15) is 9.59 Å². The summed E-state index contributed by atoms with van der Waals surface area (Å²) < 4.78 is 0. The minimum Gasteiger partial charge on any atom is -0.394 e. The van der Waals surface area contributed by atoms with Gasteiger partial charge in [-0.25, -0.2) is 0 Å². The average molecular weight is 276 g/mol. The normalized spacial score (nSPS) is 20.0. The van der Waals surface area contributed by atoms with Gasteiger partial charge in [-0.2, -0.15) is 0 Å². The molecule has 2 unspecified atom stereocenters. The lowest BCUT2D eigenvalue weighted by atomic mass is 10.1. The Morgan fingerprint density at radius 1 is 1.45 bits per heavy atom. The van der Waals surface area contributed by atoms with Crippen LogP contribution in [0.1, 0.15) is 25.3 Å². The maximum atomic E-state index is 12.1. The molecule has 1 aromatic rings. The quantitative estimate of drug-likeness (QED) is 0.830. The molecule has 2 amide bonds. The molecule has 1 aromatic carbocycles. The van der Waals surface area contributed by atoms with E-state index in [-0.39, 0.29) is 24.5 Å². The van der Waals surface area contributed by atoms with Gasteiger partial charge in [-0.1, -0.05) is 30.3 Å². The van der Waals surface area contributed by atoms with E-state index in [2.05, 4.69) is 5.32 Å². The van der Waals surface area contributed by atoms with Crippen LogP contribution in [0.25, 0.3) is 0 Å². The van der Waals surface area contributed by atoms with Crippen LogP contribution in [0.5, 0.6) is 0 Å². The van der Waals surface area contributed by atoms with E-state index in [4.69, 9.17) is 5.11 Å². The van der Waals surface area contributed by atoms with Crippen molar-refractivity contribution < 1.29 is 14.7 Å². The third-order valence-electron chi connectivity index (χ3n) is 3.49. The van der Waals surface area contributed by atoms with Crippen molar-refractivity contribution in [3.8, 4) is 0 Å². The molecule has 0 bridgehead atoms. The van der Waals surface area contributed by atoms with Crippen molar-refractivity contribution >= 4 is 11.8 Å². The summed E-state index contributed by atoms with van der Waals surface area (Å²) >= 11 is 0. The van der Waals surface area contributed by atoms with Crippen LogP contribution >= 0.6 is 0 Å². The summed E-state index contributed by atoms with van der Waals surface area (Å²) in [5.41, 5.74) is 1.01. The first kappa shape index (κ1) is 14.5. The van der Waals surface area contributed by atoms with Gasteiger partial charge in [0.25, 0.3) is 0 Å². The predicted molar refractivity (Wildman–Crippen MR) is 74.7 cm³/mol. The summed E-state index contributed by atoms with van der Waals surface area (Å²) in [6, 6.07) is 8.90. The second-order valence-electron chi connectivity index (χ2n) is 5.15. The van der Waals surface area contributed by atoms with E-state index in [1.54, 1.807) is 11.8 Å².